The van der Waals surface area contributed by atoms with Gasteiger partial charge in [-0.2, -0.15) is 0 Å². The fourth-order valence-corrected chi connectivity index (χ4v) is 5.11. The summed E-state index contributed by atoms with van der Waals surface area (Å²) in [5.41, 5.74) is 2.38. The van der Waals surface area contributed by atoms with Crippen LogP contribution >= 0.6 is 22.9 Å². The number of hydrogen-bond donors (Lipinski definition) is 1. The lowest BCUT2D eigenvalue weighted by Crippen LogP contribution is -2.27. The third-order valence-corrected chi connectivity index (χ3v) is 6.30. The fraction of sp³-hybridized carbons (Fsp3) is 0.400. The summed E-state index contributed by atoms with van der Waals surface area (Å²) in [7, 11) is 0. The predicted octanol–water partition coefficient (Wildman–Crippen LogP) is 5.18. The molecular formula is C20H22ClN3OS. The Morgan fingerprint density at radius 1 is 1.31 bits per heavy atom. The lowest BCUT2D eigenvalue weighted by atomic mass is 9.97. The molecule has 1 aliphatic rings. The molecular weight excluding hydrogens is 366 g/mol. The summed E-state index contributed by atoms with van der Waals surface area (Å²) < 4.78 is 1.79. The number of thiophene rings is 1. The fourth-order valence-electron chi connectivity index (χ4n) is 3.65. The van der Waals surface area contributed by atoms with E-state index in [0.717, 1.165) is 35.0 Å². The minimum Gasteiger partial charge on any atom is -0.351 e. The zero-order valence-corrected chi connectivity index (χ0v) is 16.6. The van der Waals surface area contributed by atoms with Gasteiger partial charge in [0.05, 0.1) is 5.39 Å². The number of nitrogens with zero attached hydrogens (tertiary/aromatic N) is 2. The summed E-state index contributed by atoms with van der Waals surface area (Å²) >= 11 is 7.76. The highest BCUT2D eigenvalue weighted by Gasteiger charge is 2.22. The quantitative estimate of drug-likeness (QED) is 0.670. The highest BCUT2D eigenvalue weighted by Crippen LogP contribution is 2.34. The van der Waals surface area contributed by atoms with E-state index in [2.05, 4.69) is 5.32 Å². The number of aromatic nitrogens is 2. The van der Waals surface area contributed by atoms with Crippen LogP contribution in [0.15, 0.2) is 29.1 Å². The Kier molecular flexibility index (Phi) is 4.76. The van der Waals surface area contributed by atoms with Crippen molar-refractivity contribution >= 4 is 39.1 Å². The third-order valence-electron chi connectivity index (χ3n) is 4.88. The summed E-state index contributed by atoms with van der Waals surface area (Å²) in [6.45, 7) is 4.63. The van der Waals surface area contributed by atoms with Crippen LogP contribution in [-0.2, 0) is 19.4 Å². The van der Waals surface area contributed by atoms with Crippen molar-refractivity contribution in [2.45, 2.75) is 52.1 Å². The maximum atomic E-state index is 13.3. The molecule has 3 aromatic rings. The molecule has 0 radical (unpaired) electrons. The smallest absolute Gasteiger partial charge is 0.264 e. The maximum absolute atomic E-state index is 13.3. The molecule has 0 unspecified atom stereocenters. The van der Waals surface area contributed by atoms with Crippen LogP contribution in [0.1, 0.15) is 48.7 Å². The third kappa shape index (κ3) is 3.14. The number of halogens is 1. The molecule has 136 valence electrons. The van der Waals surface area contributed by atoms with E-state index < -0.39 is 0 Å². The van der Waals surface area contributed by atoms with Crippen LogP contribution in [0, 0.1) is 0 Å². The zero-order chi connectivity index (χ0) is 18.3. The highest BCUT2D eigenvalue weighted by atomic mass is 35.5. The highest BCUT2D eigenvalue weighted by molar-refractivity contribution is 7.18. The van der Waals surface area contributed by atoms with Crippen molar-refractivity contribution in [1.29, 1.82) is 0 Å². The van der Waals surface area contributed by atoms with Crippen molar-refractivity contribution in [1.82, 2.24) is 9.55 Å². The molecule has 0 spiro atoms. The predicted molar refractivity (Wildman–Crippen MR) is 110 cm³/mol. The van der Waals surface area contributed by atoms with Crippen molar-refractivity contribution < 1.29 is 0 Å². The maximum Gasteiger partial charge on any atom is 0.264 e. The number of hydrogen-bond acceptors (Lipinski definition) is 4. The second-order valence-electron chi connectivity index (χ2n) is 7.08. The molecule has 6 heteroatoms. The van der Waals surface area contributed by atoms with Gasteiger partial charge >= 0.3 is 0 Å². The van der Waals surface area contributed by atoms with Crippen LogP contribution in [-0.4, -0.2) is 9.55 Å². The first kappa shape index (κ1) is 17.6. The number of anilines is 1. The molecule has 0 saturated heterocycles. The molecule has 0 atom stereocenters. The van der Waals surface area contributed by atoms with E-state index in [9.17, 15) is 4.79 Å². The van der Waals surface area contributed by atoms with Crippen LogP contribution in [0.5, 0.6) is 0 Å². The zero-order valence-electron chi connectivity index (χ0n) is 15.0. The van der Waals surface area contributed by atoms with E-state index in [-0.39, 0.29) is 11.6 Å². The topological polar surface area (TPSA) is 46.9 Å². The number of aryl methyl sites for hydroxylation is 2. The Hall–Kier alpha value is -1.85. The molecule has 0 fully saturated rings. The van der Waals surface area contributed by atoms with E-state index in [1.807, 2.05) is 38.1 Å². The first-order chi connectivity index (χ1) is 12.5. The summed E-state index contributed by atoms with van der Waals surface area (Å²) in [5, 5.41) is 4.90. The Bertz CT molecular complexity index is 1020. The van der Waals surface area contributed by atoms with Gasteiger partial charge in [-0.3, -0.25) is 9.36 Å². The molecule has 2 heterocycles. The van der Waals surface area contributed by atoms with Gasteiger partial charge in [0.25, 0.3) is 5.56 Å². The second kappa shape index (κ2) is 7.05. The van der Waals surface area contributed by atoms with Gasteiger partial charge in [0.2, 0.25) is 5.95 Å². The Morgan fingerprint density at radius 3 is 2.88 bits per heavy atom. The number of fused-ring (bicyclic) bond motifs is 3. The van der Waals surface area contributed by atoms with Crippen LogP contribution < -0.4 is 10.9 Å². The Labute approximate surface area is 161 Å². The SMILES string of the molecule is CC(C)n1c(NCc2cccc(Cl)c2)nc2sc3c(c2c1=O)CCCC3. The van der Waals surface area contributed by atoms with E-state index in [0.29, 0.717) is 17.5 Å². The van der Waals surface area contributed by atoms with Crippen molar-refractivity contribution in [3.63, 3.8) is 0 Å². The van der Waals surface area contributed by atoms with Gasteiger partial charge in [-0.1, -0.05) is 23.7 Å². The molecule has 0 bridgehead atoms. The van der Waals surface area contributed by atoms with E-state index in [1.54, 1.807) is 15.9 Å². The molecule has 0 amide bonds. The van der Waals surface area contributed by atoms with Crippen molar-refractivity contribution in [2.75, 3.05) is 5.32 Å². The number of rotatable bonds is 4. The molecule has 4 rings (SSSR count). The Balaban J connectivity index is 1.78. The van der Waals surface area contributed by atoms with Crippen LogP contribution in [0.2, 0.25) is 5.02 Å². The van der Waals surface area contributed by atoms with Crippen LogP contribution in [0.4, 0.5) is 5.95 Å². The average Bonchev–Trinajstić information content (AvgIpc) is 2.98. The van der Waals surface area contributed by atoms with E-state index in [4.69, 9.17) is 16.6 Å². The first-order valence-corrected chi connectivity index (χ1v) is 10.3. The Morgan fingerprint density at radius 2 is 2.12 bits per heavy atom. The lowest BCUT2D eigenvalue weighted by Gasteiger charge is -2.17. The number of nitrogens with one attached hydrogen (secondary N) is 1. The second-order valence-corrected chi connectivity index (χ2v) is 8.60. The minimum atomic E-state index is 0.0420. The lowest BCUT2D eigenvalue weighted by molar-refractivity contribution is 0.579. The van der Waals surface area contributed by atoms with Crippen LogP contribution in [0.3, 0.4) is 0 Å². The van der Waals surface area contributed by atoms with Gasteiger partial charge in [0.15, 0.2) is 0 Å². The van der Waals surface area contributed by atoms with Crippen molar-refractivity contribution in [3.05, 3.63) is 55.6 Å². The molecule has 1 aliphatic carbocycles. The molecule has 0 aliphatic heterocycles. The summed E-state index contributed by atoms with van der Waals surface area (Å²) in [6.07, 6.45) is 4.44. The average molecular weight is 388 g/mol. The van der Waals surface area contributed by atoms with Gasteiger partial charge in [0.1, 0.15) is 4.83 Å². The standard InChI is InChI=1S/C20H22ClN3OS/c1-12(2)24-19(25)17-15-8-3-4-9-16(15)26-18(17)23-20(24)22-11-13-6-5-7-14(21)10-13/h5-7,10,12H,3-4,8-9,11H2,1-2H3,(H,22,23). The van der Waals surface area contributed by atoms with E-state index >= 15 is 0 Å². The van der Waals surface area contributed by atoms with Crippen molar-refractivity contribution in [3.8, 4) is 0 Å². The van der Waals surface area contributed by atoms with Gasteiger partial charge < -0.3 is 5.32 Å². The van der Waals surface area contributed by atoms with E-state index in [1.165, 1.54) is 16.9 Å². The molecule has 26 heavy (non-hydrogen) atoms. The van der Waals surface area contributed by atoms with Gasteiger partial charge in [-0.25, -0.2) is 4.98 Å². The minimum absolute atomic E-state index is 0.0420. The first-order valence-electron chi connectivity index (χ1n) is 9.09. The molecule has 0 saturated carbocycles. The normalized spacial score (nSPS) is 14.0. The largest absolute Gasteiger partial charge is 0.351 e. The molecule has 1 N–H and O–H groups in total. The molecule has 1 aromatic carbocycles. The van der Waals surface area contributed by atoms with Gasteiger partial charge in [0, 0.05) is 22.5 Å². The van der Waals surface area contributed by atoms with Crippen LogP contribution in [0.25, 0.3) is 10.2 Å². The van der Waals surface area contributed by atoms with Gasteiger partial charge in [-0.15, -0.1) is 11.3 Å². The molecule has 2 aromatic heterocycles. The number of benzene rings is 1. The van der Waals surface area contributed by atoms with Crippen molar-refractivity contribution in [2.24, 2.45) is 0 Å². The monoisotopic (exact) mass is 387 g/mol. The molecule has 4 nitrogen and oxygen atoms in total. The summed E-state index contributed by atoms with van der Waals surface area (Å²) in [5.74, 6) is 0.635. The summed E-state index contributed by atoms with van der Waals surface area (Å²) in [4.78, 5) is 20.3. The van der Waals surface area contributed by atoms with Gasteiger partial charge in [-0.05, 0) is 62.8 Å². The summed E-state index contributed by atoms with van der Waals surface area (Å²) in [6, 6.07) is 7.77.